The molecule has 0 bridgehead atoms. The van der Waals surface area contributed by atoms with E-state index in [-0.39, 0.29) is 13.2 Å². The van der Waals surface area contributed by atoms with Gasteiger partial charge in [-0.15, -0.1) is 0 Å². The topological polar surface area (TPSA) is 98.0 Å². The summed E-state index contributed by atoms with van der Waals surface area (Å²) in [5.74, 6) is -0.664. The summed E-state index contributed by atoms with van der Waals surface area (Å²) < 4.78 is 0. The average molecular weight is 417 g/mol. The normalized spacial score (nSPS) is 12.0. The van der Waals surface area contributed by atoms with E-state index < -0.39 is 12.1 Å². The number of unbranched alkanes of at least 4 members (excludes halogenated alkanes) is 12. The van der Waals surface area contributed by atoms with Crippen LogP contribution in [-0.4, -0.2) is 45.7 Å². The van der Waals surface area contributed by atoms with Crippen molar-refractivity contribution in [1.82, 2.24) is 0 Å². The van der Waals surface area contributed by atoms with Crippen LogP contribution in [0.1, 0.15) is 116 Å². The number of allylic oxidation sites excluding steroid dienone is 2. The molecular formula is C24H48O5. The van der Waals surface area contributed by atoms with Crippen molar-refractivity contribution in [3.05, 3.63) is 12.2 Å². The molecule has 0 fully saturated rings. The van der Waals surface area contributed by atoms with E-state index in [0.717, 1.165) is 19.3 Å². The Kier molecular flexibility index (Phi) is 28.3. The Bertz CT molecular complexity index is 344. The predicted octanol–water partition coefficient (Wildman–Crippen LogP) is 5.61. The summed E-state index contributed by atoms with van der Waals surface area (Å²) in [6, 6.07) is 0. The van der Waals surface area contributed by atoms with Crippen molar-refractivity contribution < 1.29 is 25.2 Å². The Morgan fingerprint density at radius 2 is 1.28 bits per heavy atom. The maximum atomic E-state index is 10.3. The molecule has 0 aromatic carbocycles. The van der Waals surface area contributed by atoms with Gasteiger partial charge in [0, 0.05) is 13.0 Å². The molecule has 0 amide bonds. The summed E-state index contributed by atoms with van der Waals surface area (Å²) in [6.45, 7) is 2.25. The van der Waals surface area contributed by atoms with Gasteiger partial charge in [-0.2, -0.15) is 0 Å². The first-order valence-electron chi connectivity index (χ1n) is 11.8. The second-order valence-corrected chi connectivity index (χ2v) is 7.78. The molecule has 4 N–H and O–H groups in total. The van der Waals surface area contributed by atoms with Crippen LogP contribution in [0.5, 0.6) is 0 Å². The molecule has 5 nitrogen and oxygen atoms in total. The van der Waals surface area contributed by atoms with Crippen molar-refractivity contribution in [2.24, 2.45) is 0 Å². The highest BCUT2D eigenvalue weighted by Crippen LogP contribution is 2.09. The molecule has 0 aromatic heterocycles. The fourth-order valence-electron chi connectivity index (χ4n) is 2.93. The van der Waals surface area contributed by atoms with Gasteiger partial charge in [-0.3, -0.25) is 4.79 Å². The highest BCUT2D eigenvalue weighted by Gasteiger charge is 1.99. The molecule has 0 saturated heterocycles. The third kappa shape index (κ3) is 32.0. The van der Waals surface area contributed by atoms with E-state index in [0.29, 0.717) is 19.3 Å². The van der Waals surface area contributed by atoms with Gasteiger partial charge < -0.3 is 20.4 Å². The van der Waals surface area contributed by atoms with Crippen LogP contribution < -0.4 is 0 Å². The summed E-state index contributed by atoms with van der Waals surface area (Å²) in [5, 5.41) is 33.9. The zero-order valence-electron chi connectivity index (χ0n) is 18.9. The van der Waals surface area contributed by atoms with E-state index in [1.54, 1.807) is 0 Å². The van der Waals surface area contributed by atoms with Crippen molar-refractivity contribution in [2.45, 2.75) is 122 Å². The van der Waals surface area contributed by atoms with Crippen LogP contribution in [0.25, 0.3) is 0 Å². The first-order valence-corrected chi connectivity index (χ1v) is 11.8. The van der Waals surface area contributed by atoms with Gasteiger partial charge in [-0.1, -0.05) is 70.4 Å². The van der Waals surface area contributed by atoms with E-state index in [9.17, 15) is 4.79 Å². The minimum absolute atomic E-state index is 0.165. The first kappa shape index (κ1) is 30.3. The second kappa shape index (κ2) is 27.1. The lowest BCUT2D eigenvalue weighted by molar-refractivity contribution is -0.137. The molecule has 0 aromatic rings. The highest BCUT2D eigenvalue weighted by molar-refractivity contribution is 5.66. The monoisotopic (exact) mass is 416 g/mol. The van der Waals surface area contributed by atoms with Gasteiger partial charge in [-0.25, -0.2) is 0 Å². The molecule has 0 aliphatic heterocycles. The molecule has 0 rings (SSSR count). The summed E-state index contributed by atoms with van der Waals surface area (Å²) in [5.41, 5.74) is 0. The van der Waals surface area contributed by atoms with Gasteiger partial charge in [0.25, 0.3) is 0 Å². The Morgan fingerprint density at radius 3 is 1.76 bits per heavy atom. The lowest BCUT2D eigenvalue weighted by atomic mass is 10.1. The van der Waals surface area contributed by atoms with Crippen molar-refractivity contribution in [1.29, 1.82) is 0 Å². The number of hydrogen-bond acceptors (Lipinski definition) is 4. The van der Waals surface area contributed by atoms with Gasteiger partial charge in [0.05, 0.1) is 12.7 Å². The minimum Gasteiger partial charge on any atom is -0.481 e. The number of aliphatic carboxylic acids is 1. The van der Waals surface area contributed by atoms with E-state index in [2.05, 4.69) is 19.1 Å². The lowest BCUT2D eigenvalue weighted by Gasteiger charge is -2.03. The fourth-order valence-corrected chi connectivity index (χ4v) is 2.93. The standard InChI is InChI=1S/C18H34O2.C6H14O3/c1-2-3-4-5-6-7-8-9-10-11-12-13-14-15-16-17-18(19)20;7-4-2-1-3-6(9)5-8/h9-10H,2-8,11-17H2,1H3,(H,19,20);6-9H,1-5H2. The molecule has 174 valence electrons. The van der Waals surface area contributed by atoms with Crippen LogP contribution >= 0.6 is 0 Å². The molecule has 0 radical (unpaired) electrons. The molecule has 0 aliphatic rings. The Labute approximate surface area is 179 Å². The van der Waals surface area contributed by atoms with Gasteiger partial charge in [-0.05, 0) is 51.4 Å². The zero-order chi connectivity index (χ0) is 22.0. The fraction of sp³-hybridized carbons (Fsp3) is 0.875. The number of hydrogen-bond donors (Lipinski definition) is 4. The zero-order valence-corrected chi connectivity index (χ0v) is 18.9. The number of aliphatic hydroxyl groups is 3. The predicted molar refractivity (Wildman–Crippen MR) is 121 cm³/mol. The molecule has 1 atom stereocenters. The summed E-state index contributed by atoms with van der Waals surface area (Å²) in [4.78, 5) is 10.3. The van der Waals surface area contributed by atoms with Crippen LogP contribution in [-0.2, 0) is 4.79 Å². The molecule has 1 unspecified atom stereocenters. The summed E-state index contributed by atoms with van der Waals surface area (Å²) in [7, 11) is 0. The Balaban J connectivity index is 0. The van der Waals surface area contributed by atoms with Crippen LogP contribution in [0.15, 0.2) is 12.2 Å². The van der Waals surface area contributed by atoms with Crippen molar-refractivity contribution in [2.75, 3.05) is 13.2 Å². The number of carboxylic acid groups (broad SMARTS) is 1. The van der Waals surface area contributed by atoms with E-state index in [1.807, 2.05) is 0 Å². The number of rotatable bonds is 20. The maximum Gasteiger partial charge on any atom is 0.303 e. The SMILES string of the molecule is CCCCCCCCC=CCCCCCCCC(=O)O.OCCCCC(O)CO. The second-order valence-electron chi connectivity index (χ2n) is 7.78. The Hall–Kier alpha value is -0.910. The summed E-state index contributed by atoms with van der Waals surface area (Å²) in [6.07, 6.45) is 22.7. The summed E-state index contributed by atoms with van der Waals surface area (Å²) >= 11 is 0. The Morgan fingerprint density at radius 1 is 0.759 bits per heavy atom. The smallest absolute Gasteiger partial charge is 0.303 e. The van der Waals surface area contributed by atoms with Crippen LogP contribution in [0.3, 0.4) is 0 Å². The molecular weight excluding hydrogens is 368 g/mol. The first-order chi connectivity index (χ1) is 14.1. The number of aliphatic hydroxyl groups excluding tert-OH is 3. The van der Waals surface area contributed by atoms with E-state index >= 15 is 0 Å². The lowest BCUT2D eigenvalue weighted by Crippen LogP contribution is -2.11. The van der Waals surface area contributed by atoms with Gasteiger partial charge in [0.2, 0.25) is 0 Å². The van der Waals surface area contributed by atoms with Gasteiger partial charge >= 0.3 is 5.97 Å². The van der Waals surface area contributed by atoms with Gasteiger partial charge in [0.15, 0.2) is 0 Å². The molecule has 0 spiro atoms. The van der Waals surface area contributed by atoms with Crippen LogP contribution in [0, 0.1) is 0 Å². The molecule has 29 heavy (non-hydrogen) atoms. The van der Waals surface area contributed by atoms with E-state index in [4.69, 9.17) is 20.4 Å². The molecule has 0 aliphatic carbocycles. The average Bonchev–Trinajstić information content (AvgIpc) is 2.71. The van der Waals surface area contributed by atoms with Crippen molar-refractivity contribution in [3.63, 3.8) is 0 Å². The van der Waals surface area contributed by atoms with Gasteiger partial charge in [0.1, 0.15) is 0 Å². The molecule has 5 heteroatoms. The third-order valence-corrected chi connectivity index (χ3v) is 4.81. The minimum atomic E-state index is -0.664. The number of carboxylic acids is 1. The quantitative estimate of drug-likeness (QED) is 0.153. The van der Waals surface area contributed by atoms with E-state index in [1.165, 1.54) is 70.6 Å². The third-order valence-electron chi connectivity index (χ3n) is 4.81. The van der Waals surface area contributed by atoms with Crippen molar-refractivity contribution >= 4 is 5.97 Å². The number of carbonyl (C=O) groups is 1. The van der Waals surface area contributed by atoms with Crippen molar-refractivity contribution in [3.8, 4) is 0 Å². The maximum absolute atomic E-state index is 10.3. The molecule has 0 heterocycles. The van der Waals surface area contributed by atoms with Crippen LogP contribution in [0.4, 0.5) is 0 Å². The largest absolute Gasteiger partial charge is 0.481 e. The highest BCUT2D eigenvalue weighted by atomic mass is 16.4. The van der Waals surface area contributed by atoms with Crippen LogP contribution in [0.2, 0.25) is 0 Å². The molecule has 0 saturated carbocycles.